The third kappa shape index (κ3) is 7.40. The molecule has 0 amide bonds. The number of guanidine groups is 1. The Morgan fingerprint density at radius 1 is 1.25 bits per heavy atom. The van der Waals surface area contributed by atoms with Crippen molar-refractivity contribution in [2.45, 2.75) is 51.6 Å². The normalized spacial score (nSPS) is 19.1. The number of nitrogens with zero attached hydrogens (tertiary/aromatic N) is 2. The number of hydrogen-bond acceptors (Lipinski definition) is 4. The molecule has 1 fully saturated rings. The summed E-state index contributed by atoms with van der Waals surface area (Å²) in [5, 5.41) is 6.38. The molecular weight excluding hydrogens is 397 g/mol. The lowest BCUT2D eigenvalue weighted by Gasteiger charge is -2.31. The van der Waals surface area contributed by atoms with E-state index in [2.05, 4.69) is 29.5 Å². The maximum atomic E-state index is 12.6. The molecule has 1 unspecified atom stereocenters. The predicted octanol–water partition coefficient (Wildman–Crippen LogP) is 2.16. The Hall–Kier alpha value is -1.07. The molecule has 0 aromatic rings. The summed E-state index contributed by atoms with van der Waals surface area (Å²) in [5.74, 6) is 1.12. The zero-order chi connectivity index (χ0) is 21.4. The predicted molar refractivity (Wildman–Crippen MR) is 104 cm³/mol. The summed E-state index contributed by atoms with van der Waals surface area (Å²) in [6.45, 7) is 7.82. The number of sulfonamides is 1. The van der Waals surface area contributed by atoms with E-state index >= 15 is 0 Å². The molecule has 0 aliphatic carbocycles. The van der Waals surface area contributed by atoms with Gasteiger partial charge in [-0.2, -0.15) is 17.5 Å². The second kappa shape index (κ2) is 11.2. The first-order chi connectivity index (χ1) is 13.0. The highest BCUT2D eigenvalue weighted by molar-refractivity contribution is 7.90. The van der Waals surface area contributed by atoms with Gasteiger partial charge in [-0.15, -0.1) is 0 Å². The largest absolute Gasteiger partial charge is 0.511 e. The Bertz CT molecular complexity index is 589. The highest BCUT2D eigenvalue weighted by Gasteiger charge is 2.50. The fourth-order valence-corrected chi connectivity index (χ4v) is 4.10. The lowest BCUT2D eigenvalue weighted by molar-refractivity contribution is -0.0496. The monoisotopic (exact) mass is 430 g/mol. The zero-order valence-electron chi connectivity index (χ0n) is 17.1. The molecule has 1 saturated heterocycles. The number of halogens is 3. The average Bonchev–Trinajstić information content (AvgIpc) is 2.62. The topological polar surface area (TPSA) is 83.0 Å². The van der Waals surface area contributed by atoms with Crippen LogP contribution >= 0.6 is 0 Å². The van der Waals surface area contributed by atoms with Crippen molar-refractivity contribution < 1.29 is 26.3 Å². The van der Waals surface area contributed by atoms with Crippen molar-refractivity contribution in [3.05, 3.63) is 0 Å². The van der Waals surface area contributed by atoms with Gasteiger partial charge in [0, 0.05) is 39.8 Å². The second-order valence-electron chi connectivity index (χ2n) is 7.20. The van der Waals surface area contributed by atoms with E-state index < -0.39 is 15.5 Å². The molecule has 166 valence electrons. The Balaban J connectivity index is 2.38. The molecule has 0 aromatic carbocycles. The fourth-order valence-electron chi connectivity index (χ4n) is 3.12. The van der Waals surface area contributed by atoms with Crippen molar-refractivity contribution in [2.75, 3.05) is 39.8 Å². The van der Waals surface area contributed by atoms with Gasteiger partial charge in [0.15, 0.2) is 5.96 Å². The number of hydrogen-bond donors (Lipinski definition) is 2. The highest BCUT2D eigenvalue weighted by atomic mass is 32.2. The minimum absolute atomic E-state index is 0.0880. The lowest BCUT2D eigenvalue weighted by Crippen LogP contribution is -2.47. The highest BCUT2D eigenvalue weighted by Crippen LogP contribution is 2.30. The van der Waals surface area contributed by atoms with Crippen LogP contribution in [0, 0.1) is 11.8 Å². The second-order valence-corrected chi connectivity index (χ2v) is 9.13. The number of piperidine rings is 1. The van der Waals surface area contributed by atoms with Crippen LogP contribution in [-0.4, -0.2) is 70.1 Å². The number of rotatable bonds is 9. The minimum Gasteiger partial charge on any atom is -0.378 e. The van der Waals surface area contributed by atoms with Crippen LogP contribution in [0.4, 0.5) is 13.2 Å². The molecule has 0 bridgehead atoms. The Labute approximate surface area is 166 Å². The first kappa shape index (κ1) is 25.0. The van der Waals surface area contributed by atoms with Crippen LogP contribution in [0.3, 0.4) is 0 Å². The Morgan fingerprint density at radius 2 is 1.86 bits per heavy atom. The van der Waals surface area contributed by atoms with Crippen LogP contribution in [0.1, 0.15) is 40.0 Å². The molecule has 1 atom stereocenters. The van der Waals surface area contributed by atoms with Crippen LogP contribution in [0.15, 0.2) is 4.99 Å². The molecule has 7 nitrogen and oxygen atoms in total. The molecule has 0 saturated carbocycles. The Kier molecular flexibility index (Phi) is 9.99. The van der Waals surface area contributed by atoms with E-state index in [0.717, 1.165) is 6.42 Å². The molecule has 0 aromatic heterocycles. The van der Waals surface area contributed by atoms with Gasteiger partial charge in [-0.25, -0.2) is 8.42 Å². The summed E-state index contributed by atoms with van der Waals surface area (Å²) >= 11 is 0. The summed E-state index contributed by atoms with van der Waals surface area (Å²) in [4.78, 5) is 4.15. The summed E-state index contributed by atoms with van der Waals surface area (Å²) in [5.41, 5.74) is -5.24. The molecule has 2 N–H and O–H groups in total. The smallest absolute Gasteiger partial charge is 0.378 e. The van der Waals surface area contributed by atoms with Gasteiger partial charge in [0.05, 0.1) is 6.10 Å². The van der Waals surface area contributed by atoms with Gasteiger partial charge in [0.1, 0.15) is 0 Å². The van der Waals surface area contributed by atoms with E-state index in [1.807, 2.05) is 6.92 Å². The van der Waals surface area contributed by atoms with Gasteiger partial charge in [-0.3, -0.25) is 4.99 Å². The van der Waals surface area contributed by atoms with E-state index in [1.165, 1.54) is 0 Å². The van der Waals surface area contributed by atoms with Crippen LogP contribution in [0.5, 0.6) is 0 Å². The molecule has 11 heteroatoms. The van der Waals surface area contributed by atoms with Gasteiger partial charge in [-0.1, -0.05) is 13.8 Å². The molecule has 1 rings (SSSR count). The molecule has 1 aliphatic heterocycles. The minimum atomic E-state index is -5.24. The van der Waals surface area contributed by atoms with E-state index in [1.54, 1.807) is 7.05 Å². The quantitative estimate of drug-likeness (QED) is 0.433. The molecule has 1 aliphatic rings. The molecule has 0 spiro atoms. The summed E-state index contributed by atoms with van der Waals surface area (Å²) in [7, 11) is -3.58. The van der Waals surface area contributed by atoms with Gasteiger partial charge in [0.25, 0.3) is 0 Å². The number of alkyl halides is 3. The van der Waals surface area contributed by atoms with Crippen molar-refractivity contribution >= 4 is 16.0 Å². The molecular formula is C17H33F3N4O3S. The fraction of sp³-hybridized carbons (Fsp3) is 0.941. The number of aliphatic imine (C=N–C) groups is 1. The van der Waals surface area contributed by atoms with Crippen LogP contribution in [0.2, 0.25) is 0 Å². The summed E-state index contributed by atoms with van der Waals surface area (Å²) in [6.07, 6.45) is 1.74. The SMILES string of the molecule is CCOC(CCNC(=NC)NCC1CCN(S(=O)(=O)C(F)(F)F)CC1)C(C)C. The van der Waals surface area contributed by atoms with E-state index in [4.69, 9.17) is 4.74 Å². The third-order valence-corrected chi connectivity index (χ3v) is 6.46. The summed E-state index contributed by atoms with van der Waals surface area (Å²) < 4.78 is 66.9. The van der Waals surface area contributed by atoms with Crippen molar-refractivity contribution in [3.8, 4) is 0 Å². The van der Waals surface area contributed by atoms with Crippen molar-refractivity contribution in [1.29, 1.82) is 0 Å². The molecule has 1 heterocycles. The maximum Gasteiger partial charge on any atom is 0.511 e. The van der Waals surface area contributed by atoms with Crippen molar-refractivity contribution in [3.63, 3.8) is 0 Å². The van der Waals surface area contributed by atoms with E-state index in [9.17, 15) is 21.6 Å². The average molecular weight is 431 g/mol. The van der Waals surface area contributed by atoms with Gasteiger partial charge >= 0.3 is 15.5 Å². The van der Waals surface area contributed by atoms with Crippen LogP contribution < -0.4 is 10.6 Å². The molecule has 0 radical (unpaired) electrons. The molecule has 28 heavy (non-hydrogen) atoms. The first-order valence-corrected chi connectivity index (χ1v) is 11.1. The lowest BCUT2D eigenvalue weighted by atomic mass is 9.98. The van der Waals surface area contributed by atoms with E-state index in [0.29, 0.717) is 48.7 Å². The standard InChI is InChI=1S/C17H33F3N4O3S/c1-5-27-15(13(2)3)6-9-22-16(21-4)23-12-14-7-10-24(11-8-14)28(25,26)17(18,19)20/h13-15H,5-12H2,1-4H3,(H2,21,22,23). The zero-order valence-corrected chi connectivity index (χ0v) is 17.9. The van der Waals surface area contributed by atoms with Crippen LogP contribution in [-0.2, 0) is 14.8 Å². The first-order valence-electron chi connectivity index (χ1n) is 9.65. The maximum absolute atomic E-state index is 12.6. The summed E-state index contributed by atoms with van der Waals surface area (Å²) in [6, 6.07) is 0. The third-order valence-electron chi connectivity index (χ3n) is 4.83. The van der Waals surface area contributed by atoms with Crippen molar-refractivity contribution in [1.82, 2.24) is 14.9 Å². The van der Waals surface area contributed by atoms with Crippen molar-refractivity contribution in [2.24, 2.45) is 16.8 Å². The van der Waals surface area contributed by atoms with Gasteiger partial charge < -0.3 is 15.4 Å². The van der Waals surface area contributed by atoms with E-state index in [-0.39, 0.29) is 25.1 Å². The van der Waals surface area contributed by atoms with Crippen LogP contribution in [0.25, 0.3) is 0 Å². The number of nitrogens with one attached hydrogen (secondary N) is 2. The van der Waals surface area contributed by atoms with Gasteiger partial charge in [0.2, 0.25) is 0 Å². The Morgan fingerprint density at radius 3 is 2.32 bits per heavy atom. The van der Waals surface area contributed by atoms with Gasteiger partial charge in [-0.05, 0) is 38.0 Å². The number of ether oxygens (including phenoxy) is 1.